The van der Waals surface area contributed by atoms with Crippen LogP contribution in [0.3, 0.4) is 0 Å². The number of carbonyl (C=O) groups excluding carboxylic acids is 2. The van der Waals surface area contributed by atoms with Gasteiger partial charge in [-0.1, -0.05) is 86.6 Å². The van der Waals surface area contributed by atoms with Gasteiger partial charge in [-0.25, -0.2) is 0 Å². The number of nitrogens with one attached hydrogen (secondary N) is 2. The first-order valence-corrected chi connectivity index (χ1v) is 15.6. The first kappa shape index (κ1) is 32.2. The summed E-state index contributed by atoms with van der Waals surface area (Å²) in [5.74, 6) is 0.889. The molecule has 2 unspecified atom stereocenters. The zero-order chi connectivity index (χ0) is 30.6. The molecule has 0 saturated carbocycles. The summed E-state index contributed by atoms with van der Waals surface area (Å²) in [4.78, 5) is 31.5. The van der Waals surface area contributed by atoms with Crippen LogP contribution in [0.5, 0.6) is 5.75 Å². The molecule has 1 saturated heterocycles. The number of benzene rings is 3. The minimum atomic E-state index is -0.666. The molecule has 7 heteroatoms. The van der Waals surface area contributed by atoms with Crippen molar-refractivity contribution in [2.75, 3.05) is 27.2 Å². The number of piperidine rings is 1. The molecule has 2 atom stereocenters. The largest absolute Gasteiger partial charge is 0.489 e. The molecule has 43 heavy (non-hydrogen) atoms. The SMILES string of the molecule is CC(C)CC(C(=O)NC(Cc1ccc(OCc2ccccc2)cc1)C(=O)NC1CCN(Cc2ccccc2)CC1)N(C)C. The number of rotatable bonds is 14. The number of amides is 2. The van der Waals surface area contributed by atoms with Crippen LogP contribution in [-0.2, 0) is 29.2 Å². The Bertz CT molecular complexity index is 1260. The normalized spacial score (nSPS) is 15.7. The van der Waals surface area contributed by atoms with Crippen LogP contribution in [0.1, 0.15) is 49.8 Å². The van der Waals surface area contributed by atoms with Crippen molar-refractivity contribution in [3.8, 4) is 5.75 Å². The monoisotopic (exact) mass is 584 g/mol. The van der Waals surface area contributed by atoms with Crippen molar-refractivity contribution >= 4 is 11.8 Å². The third kappa shape index (κ3) is 10.5. The molecule has 3 aromatic carbocycles. The maximum Gasteiger partial charge on any atom is 0.243 e. The van der Waals surface area contributed by atoms with E-state index < -0.39 is 6.04 Å². The van der Waals surface area contributed by atoms with Crippen molar-refractivity contribution < 1.29 is 14.3 Å². The zero-order valence-electron chi connectivity index (χ0n) is 26.2. The quantitative estimate of drug-likeness (QED) is 0.278. The van der Waals surface area contributed by atoms with Crippen LogP contribution < -0.4 is 15.4 Å². The van der Waals surface area contributed by atoms with Crippen LogP contribution in [0.2, 0.25) is 0 Å². The lowest BCUT2D eigenvalue weighted by Gasteiger charge is -2.33. The van der Waals surface area contributed by atoms with Crippen LogP contribution in [0.25, 0.3) is 0 Å². The van der Waals surface area contributed by atoms with Crippen LogP contribution >= 0.6 is 0 Å². The Labute approximate surface area is 257 Å². The molecule has 0 spiro atoms. The Morgan fingerprint density at radius 2 is 1.44 bits per heavy atom. The van der Waals surface area contributed by atoms with Gasteiger partial charge in [0.05, 0.1) is 6.04 Å². The highest BCUT2D eigenvalue weighted by Gasteiger charge is 2.30. The summed E-state index contributed by atoms with van der Waals surface area (Å²) in [6.45, 7) is 7.50. The fourth-order valence-corrected chi connectivity index (χ4v) is 5.55. The van der Waals surface area contributed by atoms with Gasteiger partial charge in [-0.05, 0) is 68.1 Å². The van der Waals surface area contributed by atoms with Gasteiger partial charge in [0.15, 0.2) is 0 Å². The van der Waals surface area contributed by atoms with Crippen molar-refractivity contribution in [1.29, 1.82) is 0 Å². The van der Waals surface area contributed by atoms with Crippen molar-refractivity contribution in [2.24, 2.45) is 5.92 Å². The molecule has 2 N–H and O–H groups in total. The van der Waals surface area contributed by atoms with Gasteiger partial charge >= 0.3 is 0 Å². The van der Waals surface area contributed by atoms with Gasteiger partial charge < -0.3 is 15.4 Å². The average molecular weight is 585 g/mol. The third-order valence-corrected chi connectivity index (χ3v) is 8.05. The van der Waals surface area contributed by atoms with Crippen molar-refractivity contribution in [3.63, 3.8) is 0 Å². The fraction of sp³-hybridized carbons (Fsp3) is 0.444. The predicted octanol–water partition coefficient (Wildman–Crippen LogP) is 5.05. The second kappa shape index (κ2) is 16.2. The number of ether oxygens (including phenoxy) is 1. The summed E-state index contributed by atoms with van der Waals surface area (Å²) in [7, 11) is 3.83. The van der Waals surface area contributed by atoms with E-state index in [0.717, 1.165) is 55.8 Å². The van der Waals surface area contributed by atoms with E-state index in [0.29, 0.717) is 18.9 Å². The van der Waals surface area contributed by atoms with Crippen LogP contribution in [0.4, 0.5) is 0 Å². The maximum absolute atomic E-state index is 13.7. The number of hydrogen-bond acceptors (Lipinski definition) is 5. The first-order valence-electron chi connectivity index (χ1n) is 15.6. The van der Waals surface area contributed by atoms with E-state index >= 15 is 0 Å². The topological polar surface area (TPSA) is 73.9 Å². The first-order chi connectivity index (χ1) is 20.8. The molecule has 1 aliphatic rings. The molecule has 230 valence electrons. The average Bonchev–Trinajstić information content (AvgIpc) is 3.01. The lowest BCUT2D eigenvalue weighted by Crippen LogP contribution is -2.56. The molecule has 7 nitrogen and oxygen atoms in total. The number of carbonyl (C=O) groups is 2. The van der Waals surface area contributed by atoms with Crippen molar-refractivity contribution in [2.45, 2.75) is 70.8 Å². The fourth-order valence-electron chi connectivity index (χ4n) is 5.55. The van der Waals surface area contributed by atoms with E-state index in [-0.39, 0.29) is 23.9 Å². The molecule has 0 aromatic heterocycles. The Hall–Kier alpha value is -3.68. The molecule has 3 aromatic rings. The van der Waals surface area contributed by atoms with Gasteiger partial charge in [-0.15, -0.1) is 0 Å². The molecule has 1 fully saturated rings. The van der Waals surface area contributed by atoms with E-state index in [1.165, 1.54) is 5.56 Å². The number of hydrogen-bond donors (Lipinski definition) is 2. The second-order valence-corrected chi connectivity index (χ2v) is 12.3. The molecular weight excluding hydrogens is 536 g/mol. The molecule has 0 bridgehead atoms. The van der Waals surface area contributed by atoms with Gasteiger partial charge in [0.1, 0.15) is 18.4 Å². The molecule has 1 heterocycles. The van der Waals surface area contributed by atoms with E-state index in [2.05, 4.69) is 53.6 Å². The van der Waals surface area contributed by atoms with E-state index in [9.17, 15) is 9.59 Å². The van der Waals surface area contributed by atoms with E-state index in [1.807, 2.05) is 79.7 Å². The van der Waals surface area contributed by atoms with Gasteiger partial charge in [0.25, 0.3) is 0 Å². The highest BCUT2D eigenvalue weighted by molar-refractivity contribution is 5.90. The molecular formula is C36H48N4O3. The Morgan fingerprint density at radius 3 is 2.02 bits per heavy atom. The Balaban J connectivity index is 1.38. The molecule has 1 aliphatic heterocycles. The van der Waals surface area contributed by atoms with Crippen molar-refractivity contribution in [3.05, 3.63) is 102 Å². The molecule has 0 radical (unpaired) electrons. The minimum Gasteiger partial charge on any atom is -0.489 e. The maximum atomic E-state index is 13.7. The van der Waals surface area contributed by atoms with Gasteiger partial charge in [-0.2, -0.15) is 0 Å². The van der Waals surface area contributed by atoms with E-state index in [4.69, 9.17) is 4.74 Å². The third-order valence-electron chi connectivity index (χ3n) is 8.05. The predicted molar refractivity (Wildman–Crippen MR) is 173 cm³/mol. The van der Waals surface area contributed by atoms with Crippen LogP contribution in [-0.4, -0.2) is 66.9 Å². The highest BCUT2D eigenvalue weighted by Crippen LogP contribution is 2.18. The summed E-state index contributed by atoms with van der Waals surface area (Å²) in [6.07, 6.45) is 2.91. The zero-order valence-corrected chi connectivity index (χ0v) is 26.2. The van der Waals surface area contributed by atoms with Crippen molar-refractivity contribution in [1.82, 2.24) is 20.4 Å². The summed E-state index contributed by atoms with van der Waals surface area (Å²) in [5.41, 5.74) is 3.38. The lowest BCUT2D eigenvalue weighted by atomic mass is 9.99. The van der Waals surface area contributed by atoms with Crippen LogP contribution in [0, 0.1) is 5.92 Å². The summed E-state index contributed by atoms with van der Waals surface area (Å²) < 4.78 is 5.95. The van der Waals surface area contributed by atoms with Gasteiger partial charge in [0, 0.05) is 32.1 Å². The number of likely N-dealkylation sites (N-methyl/N-ethyl adjacent to an activating group) is 1. The summed E-state index contributed by atoms with van der Waals surface area (Å²) in [6, 6.07) is 27.5. The minimum absolute atomic E-state index is 0.0907. The smallest absolute Gasteiger partial charge is 0.243 e. The van der Waals surface area contributed by atoms with Gasteiger partial charge in [0.2, 0.25) is 11.8 Å². The van der Waals surface area contributed by atoms with Gasteiger partial charge in [-0.3, -0.25) is 19.4 Å². The van der Waals surface area contributed by atoms with E-state index in [1.54, 1.807) is 0 Å². The molecule has 4 rings (SSSR count). The Kier molecular flexibility index (Phi) is 12.2. The second-order valence-electron chi connectivity index (χ2n) is 12.3. The Morgan fingerprint density at radius 1 is 0.837 bits per heavy atom. The highest BCUT2D eigenvalue weighted by atomic mass is 16.5. The standard InChI is InChI=1S/C36H48N4O3/c1-27(2)23-34(39(3)4)36(42)38-33(24-28-15-17-32(18-16-28)43-26-30-13-9-6-10-14-30)35(41)37-31-19-21-40(22-20-31)25-29-11-7-5-8-12-29/h5-18,27,31,33-34H,19-26H2,1-4H3,(H,37,41)(H,38,42). The number of likely N-dealkylation sites (tertiary alicyclic amines) is 1. The van der Waals surface area contributed by atoms with Crippen LogP contribution in [0.15, 0.2) is 84.9 Å². The summed E-state index contributed by atoms with van der Waals surface area (Å²) in [5, 5.41) is 6.38. The summed E-state index contributed by atoms with van der Waals surface area (Å²) >= 11 is 0. The lowest BCUT2D eigenvalue weighted by molar-refractivity contribution is -0.132. The number of nitrogens with zero attached hydrogens (tertiary/aromatic N) is 2. The molecule has 0 aliphatic carbocycles. The molecule has 2 amide bonds.